The second-order valence-corrected chi connectivity index (χ2v) is 2.97. The van der Waals surface area contributed by atoms with Crippen LogP contribution >= 0.6 is 12.6 Å². The summed E-state index contributed by atoms with van der Waals surface area (Å²) in [6.07, 6.45) is 2.53. The summed E-state index contributed by atoms with van der Waals surface area (Å²) in [6, 6.07) is 2.00. The van der Waals surface area contributed by atoms with E-state index >= 15 is 0 Å². The Morgan fingerprint density at radius 1 is 1.70 bits per heavy atom. The zero-order valence-electron chi connectivity index (χ0n) is 5.58. The van der Waals surface area contributed by atoms with Crippen molar-refractivity contribution in [2.75, 3.05) is 0 Å². The fourth-order valence-electron chi connectivity index (χ4n) is 0.963. The van der Waals surface area contributed by atoms with Crippen LogP contribution in [-0.4, -0.2) is 5.16 Å². The molecule has 1 heterocycles. The Morgan fingerprint density at radius 3 is 3.00 bits per heavy atom. The summed E-state index contributed by atoms with van der Waals surface area (Å²) in [5.41, 5.74) is 0.949. The van der Waals surface area contributed by atoms with E-state index in [1.807, 2.05) is 6.07 Å². The third-order valence-corrected chi connectivity index (χ3v) is 2.04. The van der Waals surface area contributed by atoms with Gasteiger partial charge in [-0.25, -0.2) is 0 Å². The maximum Gasteiger partial charge on any atom is 0.140 e. The largest absolute Gasteiger partial charge is 0.361 e. The van der Waals surface area contributed by atoms with Crippen LogP contribution in [0.15, 0.2) is 10.6 Å². The van der Waals surface area contributed by atoms with E-state index in [-0.39, 0.29) is 0 Å². The fraction of sp³-hybridized carbons (Fsp3) is 0.571. The molecule has 0 spiro atoms. The van der Waals surface area contributed by atoms with Gasteiger partial charge in [0.25, 0.3) is 0 Å². The lowest BCUT2D eigenvalue weighted by Crippen LogP contribution is -1.71. The third-order valence-electron chi connectivity index (χ3n) is 1.72. The van der Waals surface area contributed by atoms with Crippen molar-refractivity contribution in [1.82, 2.24) is 5.16 Å². The van der Waals surface area contributed by atoms with E-state index in [1.54, 1.807) is 0 Å². The SMILES string of the molecule is SCc1cc(C2CC2)on1. The molecule has 3 heteroatoms. The number of thiol groups is 1. The molecule has 0 amide bonds. The molecule has 1 fully saturated rings. The Balaban J connectivity index is 2.19. The van der Waals surface area contributed by atoms with Crippen molar-refractivity contribution in [2.24, 2.45) is 0 Å². The molecular weight excluding hydrogens is 146 g/mol. The maximum atomic E-state index is 5.08. The van der Waals surface area contributed by atoms with Crippen LogP contribution in [0.2, 0.25) is 0 Å². The second-order valence-electron chi connectivity index (χ2n) is 2.65. The molecule has 1 aliphatic rings. The quantitative estimate of drug-likeness (QED) is 0.661. The fourth-order valence-corrected chi connectivity index (χ4v) is 1.11. The highest BCUT2D eigenvalue weighted by molar-refractivity contribution is 7.79. The molecule has 2 nitrogen and oxygen atoms in total. The minimum atomic E-state index is 0.668. The molecule has 0 radical (unpaired) electrons. The predicted molar refractivity (Wildman–Crippen MR) is 41.2 cm³/mol. The van der Waals surface area contributed by atoms with Gasteiger partial charge in [0, 0.05) is 17.7 Å². The lowest BCUT2D eigenvalue weighted by Gasteiger charge is -1.80. The van der Waals surface area contributed by atoms with Crippen molar-refractivity contribution < 1.29 is 4.52 Å². The molecule has 2 rings (SSSR count). The maximum absolute atomic E-state index is 5.08. The summed E-state index contributed by atoms with van der Waals surface area (Å²) < 4.78 is 5.08. The van der Waals surface area contributed by atoms with Crippen molar-refractivity contribution in [1.29, 1.82) is 0 Å². The Bertz CT molecular complexity index is 229. The van der Waals surface area contributed by atoms with E-state index in [4.69, 9.17) is 4.52 Å². The van der Waals surface area contributed by atoms with Gasteiger partial charge < -0.3 is 4.52 Å². The molecule has 1 aliphatic carbocycles. The lowest BCUT2D eigenvalue weighted by molar-refractivity contribution is 0.380. The highest BCUT2D eigenvalue weighted by Crippen LogP contribution is 2.40. The van der Waals surface area contributed by atoms with Crippen molar-refractivity contribution >= 4 is 12.6 Å². The van der Waals surface area contributed by atoms with Gasteiger partial charge in [0.15, 0.2) is 0 Å². The van der Waals surface area contributed by atoms with Crippen LogP contribution in [0.4, 0.5) is 0 Å². The Kier molecular flexibility index (Phi) is 1.45. The molecule has 0 aliphatic heterocycles. The first-order valence-electron chi connectivity index (χ1n) is 3.46. The summed E-state index contributed by atoms with van der Waals surface area (Å²) in [5, 5.41) is 3.84. The van der Waals surface area contributed by atoms with Crippen LogP contribution in [-0.2, 0) is 5.75 Å². The highest BCUT2D eigenvalue weighted by atomic mass is 32.1. The molecule has 1 saturated carbocycles. The predicted octanol–water partition coefficient (Wildman–Crippen LogP) is 1.98. The summed E-state index contributed by atoms with van der Waals surface area (Å²) in [5.74, 6) is 2.39. The van der Waals surface area contributed by atoms with Crippen LogP contribution in [0.25, 0.3) is 0 Å². The molecule has 1 aromatic heterocycles. The van der Waals surface area contributed by atoms with E-state index in [9.17, 15) is 0 Å². The topological polar surface area (TPSA) is 26.0 Å². The van der Waals surface area contributed by atoms with Gasteiger partial charge in [0.1, 0.15) is 5.76 Å². The van der Waals surface area contributed by atoms with Gasteiger partial charge in [-0.05, 0) is 12.8 Å². The normalized spacial score (nSPS) is 17.7. The zero-order chi connectivity index (χ0) is 6.97. The molecular formula is C7H9NOS. The van der Waals surface area contributed by atoms with Crippen molar-refractivity contribution in [2.45, 2.75) is 24.5 Å². The standard InChI is InChI=1S/C7H9NOS/c10-4-6-3-7(9-8-6)5-1-2-5/h3,5,10H,1-2,4H2. The molecule has 0 saturated heterocycles. The van der Waals surface area contributed by atoms with E-state index in [0.29, 0.717) is 11.7 Å². The minimum absolute atomic E-state index is 0.668. The average Bonchev–Trinajstić information content (AvgIpc) is 2.70. The number of hydrogen-bond acceptors (Lipinski definition) is 3. The first kappa shape index (κ1) is 6.28. The number of nitrogens with zero attached hydrogens (tertiary/aromatic N) is 1. The molecule has 1 aromatic rings. The summed E-state index contributed by atoms with van der Waals surface area (Å²) in [6.45, 7) is 0. The Labute approximate surface area is 65.0 Å². The number of hydrogen-bond donors (Lipinski definition) is 1. The average molecular weight is 155 g/mol. The lowest BCUT2D eigenvalue weighted by atomic mass is 10.3. The van der Waals surface area contributed by atoms with Crippen molar-refractivity contribution in [3.8, 4) is 0 Å². The van der Waals surface area contributed by atoms with Crippen LogP contribution in [0.3, 0.4) is 0 Å². The van der Waals surface area contributed by atoms with Crippen LogP contribution < -0.4 is 0 Å². The summed E-state index contributed by atoms with van der Waals surface area (Å²) >= 11 is 4.09. The summed E-state index contributed by atoms with van der Waals surface area (Å²) in [7, 11) is 0. The van der Waals surface area contributed by atoms with Crippen molar-refractivity contribution in [3.63, 3.8) is 0 Å². The number of rotatable bonds is 2. The molecule has 54 valence electrons. The van der Waals surface area contributed by atoms with Gasteiger partial charge in [-0.15, -0.1) is 0 Å². The number of aromatic nitrogens is 1. The third kappa shape index (κ3) is 1.06. The zero-order valence-corrected chi connectivity index (χ0v) is 6.47. The van der Waals surface area contributed by atoms with Crippen LogP contribution in [0.5, 0.6) is 0 Å². The second kappa shape index (κ2) is 2.31. The van der Waals surface area contributed by atoms with E-state index in [2.05, 4.69) is 17.8 Å². The summed E-state index contributed by atoms with van der Waals surface area (Å²) in [4.78, 5) is 0. The van der Waals surface area contributed by atoms with Gasteiger partial charge in [0.2, 0.25) is 0 Å². The first-order valence-corrected chi connectivity index (χ1v) is 4.10. The first-order chi connectivity index (χ1) is 4.90. The Hall–Kier alpha value is -0.440. The monoisotopic (exact) mass is 155 g/mol. The molecule has 0 unspecified atom stereocenters. The van der Waals surface area contributed by atoms with Gasteiger partial charge in [-0.1, -0.05) is 5.16 Å². The molecule has 0 atom stereocenters. The molecule has 10 heavy (non-hydrogen) atoms. The van der Waals surface area contributed by atoms with Gasteiger partial charge in [-0.3, -0.25) is 0 Å². The van der Waals surface area contributed by atoms with E-state index in [0.717, 1.165) is 11.5 Å². The molecule has 0 bridgehead atoms. The van der Waals surface area contributed by atoms with Crippen LogP contribution in [0, 0.1) is 0 Å². The van der Waals surface area contributed by atoms with Crippen LogP contribution in [0.1, 0.15) is 30.2 Å². The smallest absolute Gasteiger partial charge is 0.140 e. The Morgan fingerprint density at radius 2 is 2.50 bits per heavy atom. The van der Waals surface area contributed by atoms with Gasteiger partial charge in [-0.2, -0.15) is 12.6 Å². The minimum Gasteiger partial charge on any atom is -0.361 e. The van der Waals surface area contributed by atoms with Gasteiger partial charge >= 0.3 is 0 Å². The van der Waals surface area contributed by atoms with E-state index < -0.39 is 0 Å². The molecule has 0 N–H and O–H groups in total. The van der Waals surface area contributed by atoms with Gasteiger partial charge in [0.05, 0.1) is 5.69 Å². The van der Waals surface area contributed by atoms with E-state index in [1.165, 1.54) is 12.8 Å². The highest BCUT2D eigenvalue weighted by Gasteiger charge is 2.27. The van der Waals surface area contributed by atoms with Crippen molar-refractivity contribution in [3.05, 3.63) is 17.5 Å². The molecule has 0 aromatic carbocycles.